The Bertz CT molecular complexity index is 483. The molecule has 8 nitrogen and oxygen atoms in total. The van der Waals surface area contributed by atoms with Crippen molar-refractivity contribution in [1.29, 1.82) is 0 Å². The minimum Gasteiger partial charge on any atom is -0.379 e. The van der Waals surface area contributed by atoms with E-state index >= 15 is 0 Å². The summed E-state index contributed by atoms with van der Waals surface area (Å²) in [5.74, 6) is 7.10. The molecular weight excluding hydrogens is 270 g/mol. The molecule has 4 N–H and O–H groups in total. The molecule has 0 amide bonds. The summed E-state index contributed by atoms with van der Waals surface area (Å²) in [6, 6.07) is 0. The molecule has 0 bridgehead atoms. The Balaban J connectivity index is 1.82. The number of aromatic nitrogens is 3. The second kappa shape index (κ2) is 5.98. The van der Waals surface area contributed by atoms with E-state index < -0.39 is 0 Å². The largest absolute Gasteiger partial charge is 0.379 e. The molecular formula is C13H23N7O. The summed E-state index contributed by atoms with van der Waals surface area (Å²) < 4.78 is 5.45. The zero-order valence-electron chi connectivity index (χ0n) is 12.4. The van der Waals surface area contributed by atoms with Gasteiger partial charge in [0.15, 0.2) is 0 Å². The molecule has 0 spiro atoms. The first-order valence-corrected chi connectivity index (χ1v) is 7.52. The maximum absolute atomic E-state index is 5.48. The van der Waals surface area contributed by atoms with Gasteiger partial charge in [0.1, 0.15) is 0 Å². The third-order valence-electron chi connectivity index (χ3n) is 4.02. The second-order valence-electron chi connectivity index (χ2n) is 5.96. The van der Waals surface area contributed by atoms with Crippen LogP contribution in [0.3, 0.4) is 0 Å². The van der Waals surface area contributed by atoms with Crippen LogP contribution in [0.2, 0.25) is 0 Å². The molecule has 8 heteroatoms. The summed E-state index contributed by atoms with van der Waals surface area (Å²) in [6.07, 6.45) is 4.55. The summed E-state index contributed by atoms with van der Waals surface area (Å²) in [4.78, 5) is 15.4. The number of nitrogens with two attached hydrogens (primary N) is 1. The highest BCUT2D eigenvalue weighted by atomic mass is 16.5. The molecule has 21 heavy (non-hydrogen) atoms. The van der Waals surface area contributed by atoms with Crippen LogP contribution in [0.25, 0.3) is 0 Å². The van der Waals surface area contributed by atoms with Crippen molar-refractivity contribution >= 4 is 17.8 Å². The molecule has 116 valence electrons. The maximum atomic E-state index is 5.48. The highest BCUT2D eigenvalue weighted by molar-refractivity contribution is 5.44. The fourth-order valence-corrected chi connectivity index (χ4v) is 2.76. The lowest BCUT2D eigenvalue weighted by molar-refractivity contribution is 0.185. The Hall–Kier alpha value is -1.67. The van der Waals surface area contributed by atoms with Gasteiger partial charge < -0.3 is 15.0 Å². The lowest BCUT2D eigenvalue weighted by atomic mass is 10.0. The minimum absolute atomic E-state index is 0.133. The zero-order valence-corrected chi connectivity index (χ0v) is 12.4. The van der Waals surface area contributed by atoms with Gasteiger partial charge in [0, 0.05) is 19.7 Å². The maximum Gasteiger partial charge on any atom is 0.243 e. The molecule has 1 aromatic rings. The highest BCUT2D eigenvalue weighted by Crippen LogP contribution is 2.24. The number of ether oxygens (including phenoxy) is 1. The molecule has 2 aliphatic rings. The molecule has 2 saturated heterocycles. The number of rotatable bonds is 4. The minimum atomic E-state index is -0.133. The van der Waals surface area contributed by atoms with Gasteiger partial charge in [-0.1, -0.05) is 0 Å². The molecule has 3 rings (SSSR count). The molecule has 1 atom stereocenters. The van der Waals surface area contributed by atoms with E-state index in [1.54, 1.807) is 0 Å². The van der Waals surface area contributed by atoms with Crippen LogP contribution in [0.5, 0.6) is 0 Å². The molecule has 1 aromatic heterocycles. The number of nitrogens with one attached hydrogen (secondary N) is 2. The van der Waals surface area contributed by atoms with Gasteiger partial charge in [-0.3, -0.25) is 5.43 Å². The zero-order chi connectivity index (χ0) is 14.7. The van der Waals surface area contributed by atoms with Crippen LogP contribution in [0.1, 0.15) is 32.6 Å². The summed E-state index contributed by atoms with van der Waals surface area (Å²) in [6.45, 7) is 5.49. The molecule has 0 aromatic carbocycles. The van der Waals surface area contributed by atoms with Crippen LogP contribution in [-0.4, -0.2) is 46.8 Å². The Morgan fingerprint density at radius 2 is 1.90 bits per heavy atom. The Labute approximate surface area is 124 Å². The Kier molecular flexibility index (Phi) is 4.07. The number of nitrogen functional groups attached to an aromatic ring is 1. The van der Waals surface area contributed by atoms with E-state index in [9.17, 15) is 0 Å². The summed E-state index contributed by atoms with van der Waals surface area (Å²) in [5.41, 5.74) is 2.39. The van der Waals surface area contributed by atoms with Gasteiger partial charge in [-0.2, -0.15) is 15.0 Å². The Morgan fingerprint density at radius 1 is 1.14 bits per heavy atom. The fraction of sp³-hybridized carbons (Fsp3) is 0.769. The van der Waals surface area contributed by atoms with Crippen LogP contribution in [0.4, 0.5) is 17.8 Å². The van der Waals surface area contributed by atoms with E-state index in [1.165, 1.54) is 19.3 Å². The number of piperidine rings is 1. The van der Waals surface area contributed by atoms with Crippen molar-refractivity contribution in [2.45, 2.75) is 38.1 Å². The van der Waals surface area contributed by atoms with Gasteiger partial charge >= 0.3 is 0 Å². The number of hydrazine groups is 1. The van der Waals surface area contributed by atoms with Crippen molar-refractivity contribution in [1.82, 2.24) is 15.0 Å². The van der Waals surface area contributed by atoms with Crippen molar-refractivity contribution in [3.63, 3.8) is 0 Å². The van der Waals surface area contributed by atoms with Gasteiger partial charge in [0.05, 0.1) is 12.1 Å². The number of anilines is 3. The van der Waals surface area contributed by atoms with Gasteiger partial charge in [0.25, 0.3) is 0 Å². The first-order valence-electron chi connectivity index (χ1n) is 7.52. The predicted molar refractivity (Wildman–Crippen MR) is 81.2 cm³/mol. The molecule has 2 fully saturated rings. The lowest BCUT2D eigenvalue weighted by Crippen LogP contribution is -2.37. The van der Waals surface area contributed by atoms with E-state index in [1.807, 2.05) is 0 Å². The SMILES string of the molecule is CC1(Nc2nc(NN)nc(N3CCCCC3)n2)CCOC1. The van der Waals surface area contributed by atoms with E-state index in [2.05, 4.69) is 37.5 Å². The third-order valence-corrected chi connectivity index (χ3v) is 4.02. The van der Waals surface area contributed by atoms with Gasteiger partial charge in [-0.15, -0.1) is 0 Å². The van der Waals surface area contributed by atoms with Crippen molar-refractivity contribution in [3.05, 3.63) is 0 Å². The summed E-state index contributed by atoms with van der Waals surface area (Å²) in [5, 5.41) is 3.36. The topological polar surface area (TPSA) is 101 Å². The van der Waals surface area contributed by atoms with E-state index in [0.717, 1.165) is 26.1 Å². The van der Waals surface area contributed by atoms with Crippen molar-refractivity contribution in [2.24, 2.45) is 5.84 Å². The molecule has 1 unspecified atom stereocenters. The van der Waals surface area contributed by atoms with Crippen molar-refractivity contribution < 1.29 is 4.74 Å². The highest BCUT2D eigenvalue weighted by Gasteiger charge is 2.30. The number of hydrogen-bond donors (Lipinski definition) is 3. The second-order valence-corrected chi connectivity index (χ2v) is 5.96. The molecule has 0 aliphatic carbocycles. The smallest absolute Gasteiger partial charge is 0.243 e. The normalized spacial score (nSPS) is 25.9. The average Bonchev–Trinajstić information content (AvgIpc) is 2.94. The lowest BCUT2D eigenvalue weighted by Gasteiger charge is -2.28. The van der Waals surface area contributed by atoms with Crippen LogP contribution in [-0.2, 0) is 4.74 Å². The molecule has 0 radical (unpaired) electrons. The first kappa shape index (κ1) is 14.3. The van der Waals surface area contributed by atoms with E-state index in [0.29, 0.717) is 24.5 Å². The van der Waals surface area contributed by atoms with Crippen molar-refractivity contribution in [3.8, 4) is 0 Å². The predicted octanol–water partition coefficient (Wildman–Crippen LogP) is 0.738. The molecule has 3 heterocycles. The van der Waals surface area contributed by atoms with Crippen LogP contribution < -0.4 is 21.5 Å². The number of nitrogens with zero attached hydrogens (tertiary/aromatic N) is 4. The van der Waals surface area contributed by atoms with E-state index in [-0.39, 0.29) is 5.54 Å². The fourth-order valence-electron chi connectivity index (χ4n) is 2.76. The van der Waals surface area contributed by atoms with Gasteiger partial charge in [-0.05, 0) is 32.6 Å². The van der Waals surface area contributed by atoms with Crippen LogP contribution in [0, 0.1) is 0 Å². The standard InChI is InChI=1S/C13H23N7O/c1-13(5-8-21-9-13)18-10-15-11(19-14)17-12(16-10)20-6-3-2-4-7-20/h2-9,14H2,1H3,(H2,15,16,17,18,19). The number of hydrogen-bond acceptors (Lipinski definition) is 8. The van der Waals surface area contributed by atoms with Crippen molar-refractivity contribution in [2.75, 3.05) is 41.9 Å². The quantitative estimate of drug-likeness (QED) is 0.552. The average molecular weight is 293 g/mol. The van der Waals surface area contributed by atoms with Gasteiger partial charge in [-0.25, -0.2) is 5.84 Å². The molecule has 0 saturated carbocycles. The third kappa shape index (κ3) is 3.33. The molecule has 2 aliphatic heterocycles. The van der Waals surface area contributed by atoms with E-state index in [4.69, 9.17) is 10.6 Å². The van der Waals surface area contributed by atoms with Crippen LogP contribution >= 0.6 is 0 Å². The first-order chi connectivity index (χ1) is 10.2. The monoisotopic (exact) mass is 293 g/mol. The summed E-state index contributed by atoms with van der Waals surface area (Å²) in [7, 11) is 0. The Morgan fingerprint density at radius 3 is 2.57 bits per heavy atom. The summed E-state index contributed by atoms with van der Waals surface area (Å²) >= 11 is 0. The van der Waals surface area contributed by atoms with Gasteiger partial charge in [0.2, 0.25) is 17.8 Å². The van der Waals surface area contributed by atoms with Crippen LogP contribution in [0.15, 0.2) is 0 Å².